The van der Waals surface area contributed by atoms with Gasteiger partial charge < -0.3 is 15.0 Å². The molecule has 0 unspecified atom stereocenters. The van der Waals surface area contributed by atoms with Crippen molar-refractivity contribution in [1.82, 2.24) is 4.90 Å². The Morgan fingerprint density at radius 2 is 2.00 bits per heavy atom. The fraction of sp³-hybridized carbons (Fsp3) is 0.278. The molecular weight excluding hydrogens is 427 g/mol. The van der Waals surface area contributed by atoms with E-state index in [2.05, 4.69) is 9.71 Å². The van der Waals surface area contributed by atoms with Crippen molar-refractivity contribution >= 4 is 33.4 Å². The number of carbonyl (C=O) groups excluding carboxylic acids is 2. The lowest BCUT2D eigenvalue weighted by Gasteiger charge is -2.27. The quantitative estimate of drug-likeness (QED) is 0.715. The molecule has 160 valence electrons. The zero-order valence-electron chi connectivity index (χ0n) is 15.5. The number of amides is 1. The van der Waals surface area contributed by atoms with E-state index in [1.54, 1.807) is 0 Å². The number of carbonyl (C=O) groups is 2. The first-order valence-corrected chi connectivity index (χ1v) is 10.2. The summed E-state index contributed by atoms with van der Waals surface area (Å²) in [5, 5.41) is 2.27. The number of halogens is 3. The van der Waals surface area contributed by atoms with Gasteiger partial charge in [-0.15, -0.1) is 4.40 Å². The van der Waals surface area contributed by atoms with E-state index in [9.17, 15) is 31.2 Å². The smallest absolute Gasteiger partial charge is 0.416 e. The summed E-state index contributed by atoms with van der Waals surface area (Å²) in [5.41, 5.74) is -0.958. The number of nitrogens with zero attached hydrogens (tertiary/aromatic N) is 2. The van der Waals surface area contributed by atoms with Crippen LogP contribution in [0.25, 0.3) is 0 Å². The minimum absolute atomic E-state index is 0.0620. The van der Waals surface area contributed by atoms with Crippen LogP contribution in [0.2, 0.25) is 0 Å². The van der Waals surface area contributed by atoms with Gasteiger partial charge in [-0.3, -0.25) is 4.79 Å². The predicted molar refractivity (Wildman–Crippen MR) is 101 cm³/mol. The van der Waals surface area contributed by atoms with Crippen LogP contribution in [0.3, 0.4) is 0 Å². The minimum atomic E-state index is -4.56. The third-order valence-corrected chi connectivity index (χ3v) is 5.33. The van der Waals surface area contributed by atoms with Crippen molar-refractivity contribution in [1.29, 1.82) is 0 Å². The van der Waals surface area contributed by atoms with E-state index in [0.29, 0.717) is 0 Å². The molecule has 0 saturated carbocycles. The monoisotopic (exact) mass is 443 g/mol. The molecule has 3 rings (SSSR count). The largest absolute Gasteiger partial charge is 0.449 e. The number of hydrogen-bond donors (Lipinski definition) is 1. The number of hydrogen-bond acceptors (Lipinski definition) is 6. The predicted octanol–water partition coefficient (Wildman–Crippen LogP) is 2.07. The second-order valence-corrected chi connectivity index (χ2v) is 8.22. The van der Waals surface area contributed by atoms with Crippen LogP contribution in [0.4, 0.5) is 18.9 Å². The van der Waals surface area contributed by atoms with Crippen LogP contribution >= 0.6 is 0 Å². The third-order valence-electron chi connectivity index (χ3n) is 4.17. The lowest BCUT2D eigenvalue weighted by atomic mass is 10.2. The van der Waals surface area contributed by atoms with Crippen LogP contribution in [0.5, 0.6) is 0 Å². The first-order valence-electron chi connectivity index (χ1n) is 8.63. The van der Waals surface area contributed by atoms with E-state index in [0.717, 1.165) is 18.2 Å². The van der Waals surface area contributed by atoms with Crippen molar-refractivity contribution in [2.24, 2.45) is 4.40 Å². The number of ether oxygens (including phenoxy) is 1. The van der Waals surface area contributed by atoms with Crippen LogP contribution in [0.15, 0.2) is 52.6 Å². The molecule has 1 amide bonds. The van der Waals surface area contributed by atoms with Gasteiger partial charge in [0, 0.05) is 18.4 Å². The fourth-order valence-corrected chi connectivity index (χ4v) is 3.59. The van der Waals surface area contributed by atoms with E-state index < -0.39 is 39.7 Å². The van der Waals surface area contributed by atoms with Crippen molar-refractivity contribution in [3.05, 3.63) is 53.8 Å². The molecule has 0 radical (unpaired) electrons. The second-order valence-electron chi connectivity index (χ2n) is 6.46. The summed E-state index contributed by atoms with van der Waals surface area (Å²) in [4.78, 5) is 25.9. The zero-order chi connectivity index (χ0) is 22.1. The minimum Gasteiger partial charge on any atom is -0.449 e. The lowest BCUT2D eigenvalue weighted by molar-refractivity contribution is -0.149. The number of amidine groups is 1. The maximum absolute atomic E-state index is 12.8. The molecule has 0 spiro atoms. The Kier molecular flexibility index (Phi) is 5.70. The van der Waals surface area contributed by atoms with Crippen LogP contribution in [0, 0.1) is 0 Å². The molecule has 2 aliphatic heterocycles. The molecule has 1 aromatic rings. The Balaban J connectivity index is 1.63. The molecule has 0 aliphatic carbocycles. The summed E-state index contributed by atoms with van der Waals surface area (Å²) in [6.45, 7) is 1.38. The summed E-state index contributed by atoms with van der Waals surface area (Å²) < 4.78 is 69.9. The van der Waals surface area contributed by atoms with Gasteiger partial charge >= 0.3 is 12.1 Å². The highest BCUT2D eigenvalue weighted by Crippen LogP contribution is 2.30. The van der Waals surface area contributed by atoms with Crippen molar-refractivity contribution < 1.29 is 35.9 Å². The summed E-state index contributed by atoms with van der Waals surface area (Å²) in [5.74, 6) is -1.72. The van der Waals surface area contributed by atoms with E-state index in [4.69, 9.17) is 4.74 Å². The van der Waals surface area contributed by atoms with Gasteiger partial charge in [0.1, 0.15) is 5.84 Å². The van der Waals surface area contributed by atoms with E-state index in [1.807, 2.05) is 0 Å². The standard InChI is InChI=1S/C18H16F3N3O5S/c1-11(16(25)22-14-4-2-3-13(9-14)18(19,20)21)29-17(26)12-5-6-15-23-30(27,28)8-7-24(15)10-12/h2-6,9-11H,7-8H2,1H3,(H,22,25)/t11-/m1/s1. The lowest BCUT2D eigenvalue weighted by Crippen LogP contribution is -2.37. The second kappa shape index (κ2) is 7.94. The number of nitrogens with one attached hydrogen (secondary N) is 1. The summed E-state index contributed by atoms with van der Waals surface area (Å²) in [6.07, 6.45) is -1.86. The molecule has 1 N–H and O–H groups in total. The van der Waals surface area contributed by atoms with Crippen molar-refractivity contribution in [2.75, 3.05) is 17.6 Å². The number of fused-ring (bicyclic) bond motifs is 1. The van der Waals surface area contributed by atoms with E-state index in [1.165, 1.54) is 36.2 Å². The van der Waals surface area contributed by atoms with Gasteiger partial charge in [0.2, 0.25) is 0 Å². The van der Waals surface area contributed by atoms with Gasteiger partial charge in [-0.1, -0.05) is 6.07 Å². The number of anilines is 1. The summed E-state index contributed by atoms with van der Waals surface area (Å²) in [6, 6.07) is 4.05. The molecule has 0 fully saturated rings. The molecule has 1 aromatic carbocycles. The highest BCUT2D eigenvalue weighted by molar-refractivity contribution is 7.90. The number of rotatable bonds is 4. The number of alkyl halides is 3. The SMILES string of the molecule is C[C@@H](OC(=O)C1=CN2CCS(=O)(=O)N=C2C=C1)C(=O)Nc1cccc(C(F)(F)F)c1. The number of benzene rings is 1. The van der Waals surface area contributed by atoms with E-state index in [-0.39, 0.29) is 29.4 Å². The molecule has 0 bridgehead atoms. The molecular formula is C18H16F3N3O5S. The maximum Gasteiger partial charge on any atom is 0.416 e. The summed E-state index contributed by atoms with van der Waals surface area (Å²) >= 11 is 0. The molecule has 12 heteroatoms. The Morgan fingerprint density at radius 1 is 1.27 bits per heavy atom. The molecule has 30 heavy (non-hydrogen) atoms. The average molecular weight is 443 g/mol. The zero-order valence-corrected chi connectivity index (χ0v) is 16.3. The van der Waals surface area contributed by atoms with Gasteiger partial charge in [-0.25, -0.2) is 13.2 Å². The van der Waals surface area contributed by atoms with Crippen LogP contribution in [0.1, 0.15) is 12.5 Å². The molecule has 2 aliphatic rings. The number of sulfonamides is 1. The Morgan fingerprint density at radius 3 is 2.70 bits per heavy atom. The van der Waals surface area contributed by atoms with Gasteiger partial charge in [0.15, 0.2) is 6.10 Å². The topological polar surface area (TPSA) is 105 Å². The average Bonchev–Trinajstić information content (AvgIpc) is 2.66. The van der Waals surface area contributed by atoms with Crippen molar-refractivity contribution in [3.8, 4) is 0 Å². The first-order chi connectivity index (χ1) is 13.9. The third kappa shape index (κ3) is 5.06. The Labute approximate surface area is 169 Å². The van der Waals surface area contributed by atoms with Gasteiger partial charge in [0.05, 0.1) is 16.9 Å². The Hall–Kier alpha value is -3.15. The van der Waals surface area contributed by atoms with Crippen molar-refractivity contribution in [3.63, 3.8) is 0 Å². The maximum atomic E-state index is 12.8. The molecule has 8 nitrogen and oxygen atoms in total. The Bertz CT molecular complexity index is 1080. The highest BCUT2D eigenvalue weighted by atomic mass is 32.2. The molecule has 0 saturated heterocycles. The molecule has 1 atom stereocenters. The van der Waals surface area contributed by atoms with E-state index >= 15 is 0 Å². The van der Waals surface area contributed by atoms with Crippen LogP contribution < -0.4 is 5.32 Å². The van der Waals surface area contributed by atoms with Crippen LogP contribution in [-0.4, -0.2) is 49.4 Å². The molecule has 2 heterocycles. The first kappa shape index (κ1) is 21.6. The van der Waals surface area contributed by atoms with Crippen molar-refractivity contribution in [2.45, 2.75) is 19.2 Å². The highest BCUT2D eigenvalue weighted by Gasteiger charge is 2.31. The van der Waals surface area contributed by atoms with Gasteiger partial charge in [0.25, 0.3) is 15.9 Å². The number of esters is 1. The van der Waals surface area contributed by atoms with Crippen LogP contribution in [-0.2, 0) is 30.5 Å². The molecule has 0 aromatic heterocycles. The fourth-order valence-electron chi connectivity index (χ4n) is 2.62. The van der Waals surface area contributed by atoms with Gasteiger partial charge in [-0.05, 0) is 37.3 Å². The normalized spacial score (nSPS) is 18.6. The summed E-state index contributed by atoms with van der Waals surface area (Å²) in [7, 11) is -3.54. The van der Waals surface area contributed by atoms with Gasteiger partial charge in [-0.2, -0.15) is 13.2 Å².